The van der Waals surface area contributed by atoms with E-state index in [0.29, 0.717) is 0 Å². The molecule has 1 aromatic carbocycles. The highest BCUT2D eigenvalue weighted by Crippen LogP contribution is 2.22. The Morgan fingerprint density at radius 3 is 2.74 bits per heavy atom. The van der Waals surface area contributed by atoms with Crippen molar-refractivity contribution in [2.45, 2.75) is 46.7 Å². The Labute approximate surface area is 116 Å². The lowest BCUT2D eigenvalue weighted by Crippen LogP contribution is -2.18. The van der Waals surface area contributed by atoms with Gasteiger partial charge in [0.25, 0.3) is 0 Å². The molecule has 1 aromatic heterocycles. The molecular formula is C17H26N2. The first kappa shape index (κ1) is 14.1. The van der Waals surface area contributed by atoms with Gasteiger partial charge in [0.2, 0.25) is 0 Å². The first-order valence-corrected chi connectivity index (χ1v) is 7.54. The Bertz CT molecular complexity index is 513. The van der Waals surface area contributed by atoms with Gasteiger partial charge in [-0.1, -0.05) is 45.4 Å². The Hall–Kier alpha value is -1.28. The zero-order valence-electron chi connectivity index (χ0n) is 12.4. The average Bonchev–Trinajstić information content (AvgIpc) is 2.77. The fourth-order valence-corrected chi connectivity index (χ4v) is 2.46. The van der Waals surface area contributed by atoms with Crippen molar-refractivity contribution in [1.82, 2.24) is 9.88 Å². The van der Waals surface area contributed by atoms with Crippen LogP contribution < -0.4 is 5.32 Å². The molecule has 104 valence electrons. The second-order valence-electron chi connectivity index (χ2n) is 5.50. The molecule has 0 aliphatic heterocycles. The molecule has 1 heterocycles. The molecule has 0 saturated carbocycles. The van der Waals surface area contributed by atoms with Crippen molar-refractivity contribution in [2.75, 3.05) is 6.54 Å². The van der Waals surface area contributed by atoms with Gasteiger partial charge in [-0.15, -0.1) is 0 Å². The summed E-state index contributed by atoms with van der Waals surface area (Å²) in [6.07, 6.45) is 2.42. The lowest BCUT2D eigenvalue weighted by atomic mass is 10.1. The minimum absolute atomic E-state index is 0.723. The Morgan fingerprint density at radius 1 is 1.21 bits per heavy atom. The van der Waals surface area contributed by atoms with E-state index in [-0.39, 0.29) is 0 Å². The van der Waals surface area contributed by atoms with Crippen LogP contribution >= 0.6 is 0 Å². The van der Waals surface area contributed by atoms with Crippen molar-refractivity contribution in [2.24, 2.45) is 5.92 Å². The van der Waals surface area contributed by atoms with Crippen LogP contribution in [0.4, 0.5) is 0 Å². The summed E-state index contributed by atoms with van der Waals surface area (Å²) in [5.74, 6) is 0.723. The fourth-order valence-electron chi connectivity index (χ4n) is 2.46. The van der Waals surface area contributed by atoms with Crippen LogP contribution in [0.1, 0.15) is 39.3 Å². The van der Waals surface area contributed by atoms with Gasteiger partial charge in [-0.2, -0.15) is 0 Å². The number of nitrogens with zero attached hydrogens (tertiary/aromatic N) is 1. The number of aromatic nitrogens is 1. The van der Waals surface area contributed by atoms with Crippen LogP contribution in [0.2, 0.25) is 0 Å². The fraction of sp³-hybridized carbons (Fsp3) is 0.529. The third-order valence-corrected chi connectivity index (χ3v) is 3.82. The van der Waals surface area contributed by atoms with Crippen LogP contribution in [0.25, 0.3) is 10.9 Å². The van der Waals surface area contributed by atoms with E-state index in [1.165, 1.54) is 29.4 Å². The Morgan fingerprint density at radius 2 is 2.00 bits per heavy atom. The summed E-state index contributed by atoms with van der Waals surface area (Å²) in [4.78, 5) is 0. The molecule has 2 rings (SSSR count). The third-order valence-electron chi connectivity index (χ3n) is 3.82. The average molecular weight is 258 g/mol. The van der Waals surface area contributed by atoms with Gasteiger partial charge in [0, 0.05) is 24.3 Å². The molecule has 2 nitrogen and oxygen atoms in total. The number of hydrogen-bond acceptors (Lipinski definition) is 1. The van der Waals surface area contributed by atoms with Crippen molar-refractivity contribution >= 4 is 10.9 Å². The second-order valence-corrected chi connectivity index (χ2v) is 5.50. The number of benzene rings is 1. The quantitative estimate of drug-likeness (QED) is 0.737. The zero-order valence-corrected chi connectivity index (χ0v) is 12.4. The van der Waals surface area contributed by atoms with Crippen molar-refractivity contribution in [3.05, 3.63) is 36.0 Å². The Balaban J connectivity index is 2.28. The highest BCUT2D eigenvalue weighted by molar-refractivity contribution is 5.81. The molecule has 0 radical (unpaired) electrons. The smallest absolute Gasteiger partial charge is 0.0483 e. The summed E-state index contributed by atoms with van der Waals surface area (Å²) in [5.41, 5.74) is 2.78. The molecule has 0 aliphatic rings. The normalized spacial score (nSPS) is 13.0. The van der Waals surface area contributed by atoms with Gasteiger partial charge < -0.3 is 9.88 Å². The highest BCUT2D eigenvalue weighted by atomic mass is 15.0. The van der Waals surface area contributed by atoms with E-state index in [1.807, 2.05) is 0 Å². The van der Waals surface area contributed by atoms with Crippen molar-refractivity contribution in [3.63, 3.8) is 0 Å². The summed E-state index contributed by atoms with van der Waals surface area (Å²) in [7, 11) is 0. The van der Waals surface area contributed by atoms with Gasteiger partial charge in [0.15, 0.2) is 0 Å². The predicted molar refractivity (Wildman–Crippen MR) is 83.4 cm³/mol. The third kappa shape index (κ3) is 3.38. The van der Waals surface area contributed by atoms with Gasteiger partial charge >= 0.3 is 0 Å². The zero-order chi connectivity index (χ0) is 13.7. The van der Waals surface area contributed by atoms with E-state index in [1.54, 1.807) is 0 Å². The molecule has 0 amide bonds. The highest BCUT2D eigenvalue weighted by Gasteiger charge is 2.10. The summed E-state index contributed by atoms with van der Waals surface area (Å²) < 4.78 is 2.49. The van der Waals surface area contributed by atoms with Crippen LogP contribution in [0.15, 0.2) is 30.3 Å². The summed E-state index contributed by atoms with van der Waals surface area (Å²) in [6.45, 7) is 9.99. The van der Waals surface area contributed by atoms with Gasteiger partial charge in [0.05, 0.1) is 0 Å². The van der Waals surface area contributed by atoms with E-state index < -0.39 is 0 Å². The van der Waals surface area contributed by atoms with E-state index in [4.69, 9.17) is 0 Å². The Kier molecular flexibility index (Phi) is 5.03. The monoisotopic (exact) mass is 258 g/mol. The summed E-state index contributed by atoms with van der Waals surface area (Å²) in [5, 5.41) is 4.88. The summed E-state index contributed by atoms with van der Waals surface area (Å²) in [6, 6.07) is 11.0. The molecule has 0 bridgehead atoms. The van der Waals surface area contributed by atoms with Crippen LogP contribution in [0.5, 0.6) is 0 Å². The topological polar surface area (TPSA) is 17.0 Å². The molecule has 0 fully saturated rings. The van der Waals surface area contributed by atoms with Crippen molar-refractivity contribution < 1.29 is 0 Å². The number of rotatable bonds is 7. The standard InChI is InChI=1S/C17H26N2/c1-4-10-18-12-16-11-15-8-6-7-9-17(15)19(16)13-14(3)5-2/h6-9,11,14,18H,4-5,10,12-13H2,1-3H3. The molecular weight excluding hydrogens is 232 g/mol. The van der Waals surface area contributed by atoms with Gasteiger partial charge in [0.1, 0.15) is 0 Å². The van der Waals surface area contributed by atoms with Crippen LogP contribution in [0, 0.1) is 5.92 Å². The van der Waals surface area contributed by atoms with E-state index in [2.05, 4.69) is 61.0 Å². The van der Waals surface area contributed by atoms with E-state index in [0.717, 1.165) is 25.6 Å². The minimum atomic E-state index is 0.723. The maximum atomic E-state index is 3.52. The maximum Gasteiger partial charge on any atom is 0.0483 e. The number of nitrogens with one attached hydrogen (secondary N) is 1. The largest absolute Gasteiger partial charge is 0.343 e. The lowest BCUT2D eigenvalue weighted by Gasteiger charge is -2.15. The molecule has 1 unspecified atom stereocenters. The van der Waals surface area contributed by atoms with Gasteiger partial charge in [-0.25, -0.2) is 0 Å². The van der Waals surface area contributed by atoms with Crippen LogP contribution in [-0.2, 0) is 13.1 Å². The molecule has 0 saturated heterocycles. The van der Waals surface area contributed by atoms with Crippen molar-refractivity contribution in [1.29, 1.82) is 0 Å². The molecule has 2 heteroatoms. The first-order valence-electron chi connectivity index (χ1n) is 7.54. The molecule has 2 aromatic rings. The molecule has 1 N–H and O–H groups in total. The SMILES string of the molecule is CCCNCc1cc2ccccc2n1CC(C)CC. The van der Waals surface area contributed by atoms with E-state index in [9.17, 15) is 0 Å². The number of hydrogen-bond donors (Lipinski definition) is 1. The maximum absolute atomic E-state index is 3.52. The predicted octanol–water partition coefficient (Wildman–Crippen LogP) is 4.19. The minimum Gasteiger partial charge on any atom is -0.343 e. The molecule has 19 heavy (non-hydrogen) atoms. The second kappa shape index (κ2) is 6.76. The van der Waals surface area contributed by atoms with Gasteiger partial charge in [-0.05, 0) is 36.4 Å². The van der Waals surface area contributed by atoms with Crippen molar-refractivity contribution in [3.8, 4) is 0 Å². The van der Waals surface area contributed by atoms with Crippen LogP contribution in [-0.4, -0.2) is 11.1 Å². The van der Waals surface area contributed by atoms with Gasteiger partial charge in [-0.3, -0.25) is 0 Å². The van der Waals surface area contributed by atoms with E-state index >= 15 is 0 Å². The number of para-hydroxylation sites is 1. The molecule has 0 spiro atoms. The molecule has 0 aliphatic carbocycles. The lowest BCUT2D eigenvalue weighted by molar-refractivity contribution is 0.464. The van der Waals surface area contributed by atoms with Crippen LogP contribution in [0.3, 0.4) is 0 Å². The number of fused-ring (bicyclic) bond motifs is 1. The first-order chi connectivity index (χ1) is 9.26. The molecule has 1 atom stereocenters. The summed E-state index contributed by atoms with van der Waals surface area (Å²) >= 11 is 0.